The van der Waals surface area contributed by atoms with Crippen LogP contribution in [0.15, 0.2) is 29.3 Å². The van der Waals surface area contributed by atoms with Crippen molar-refractivity contribution in [3.63, 3.8) is 0 Å². The molecule has 0 saturated heterocycles. The van der Waals surface area contributed by atoms with Gasteiger partial charge in [-0.1, -0.05) is 26.0 Å². The van der Waals surface area contributed by atoms with Gasteiger partial charge in [0.1, 0.15) is 23.9 Å². The third-order valence-electron chi connectivity index (χ3n) is 5.60. The number of hydrogen-bond donors (Lipinski definition) is 9. The van der Waals surface area contributed by atoms with Crippen LogP contribution in [0.2, 0.25) is 0 Å². The van der Waals surface area contributed by atoms with E-state index in [0.29, 0.717) is 5.56 Å². The zero-order chi connectivity index (χ0) is 29.7. The van der Waals surface area contributed by atoms with Gasteiger partial charge < -0.3 is 48.5 Å². The molecule has 0 aliphatic rings. The number of aliphatic imine (C=N–C) groups is 1. The highest BCUT2D eigenvalue weighted by Gasteiger charge is 2.32. The Kier molecular flexibility index (Phi) is 13.2. The first-order chi connectivity index (χ1) is 18.2. The average molecular weight is 552 g/mol. The molecule has 39 heavy (non-hydrogen) atoms. The van der Waals surface area contributed by atoms with E-state index in [1.165, 1.54) is 24.3 Å². The number of nitrogens with zero attached hydrogens (tertiary/aromatic N) is 1. The van der Waals surface area contributed by atoms with Crippen LogP contribution in [0.4, 0.5) is 0 Å². The lowest BCUT2D eigenvalue weighted by atomic mass is 10.0. The van der Waals surface area contributed by atoms with Crippen LogP contribution in [0.5, 0.6) is 5.75 Å². The Labute approximate surface area is 225 Å². The maximum absolute atomic E-state index is 13.1. The van der Waals surface area contributed by atoms with Gasteiger partial charge in [-0.25, -0.2) is 4.79 Å². The van der Waals surface area contributed by atoms with Crippen LogP contribution in [0.25, 0.3) is 0 Å². The van der Waals surface area contributed by atoms with Crippen LogP contribution in [0.3, 0.4) is 0 Å². The van der Waals surface area contributed by atoms with Crippen LogP contribution >= 0.6 is 0 Å². The molecule has 12 N–H and O–H groups in total. The number of aromatic hydroxyl groups is 1. The Hall–Kier alpha value is -4.40. The van der Waals surface area contributed by atoms with Crippen molar-refractivity contribution in [2.45, 2.75) is 63.7 Å². The number of amides is 3. The van der Waals surface area contributed by atoms with Crippen LogP contribution in [0, 0.1) is 5.92 Å². The molecule has 4 unspecified atom stereocenters. The van der Waals surface area contributed by atoms with Gasteiger partial charge in [0.05, 0.1) is 12.5 Å². The third kappa shape index (κ3) is 12.1. The van der Waals surface area contributed by atoms with Crippen molar-refractivity contribution in [2.24, 2.45) is 28.1 Å². The van der Waals surface area contributed by atoms with E-state index in [-0.39, 0.29) is 43.4 Å². The minimum absolute atomic E-state index is 0.0270. The second kappa shape index (κ2) is 15.8. The van der Waals surface area contributed by atoms with E-state index in [9.17, 15) is 39.3 Å². The quantitative estimate of drug-likeness (QED) is 0.0614. The smallest absolute Gasteiger partial charge is 0.326 e. The number of benzene rings is 1. The minimum Gasteiger partial charge on any atom is -0.508 e. The fraction of sp³-hybridized carbons (Fsp3) is 0.500. The molecule has 0 fully saturated rings. The first-order valence-corrected chi connectivity index (χ1v) is 12.2. The molecule has 0 aromatic heterocycles. The Morgan fingerprint density at radius 1 is 0.872 bits per heavy atom. The highest BCUT2D eigenvalue weighted by molar-refractivity contribution is 5.95. The number of carbonyl (C=O) groups is 5. The van der Waals surface area contributed by atoms with Gasteiger partial charge >= 0.3 is 11.9 Å². The van der Waals surface area contributed by atoms with Crippen molar-refractivity contribution < 1.29 is 39.3 Å². The predicted molar refractivity (Wildman–Crippen MR) is 140 cm³/mol. The van der Waals surface area contributed by atoms with Crippen LogP contribution < -0.4 is 33.2 Å². The monoisotopic (exact) mass is 551 g/mol. The van der Waals surface area contributed by atoms with Crippen molar-refractivity contribution in [1.82, 2.24) is 16.0 Å². The molecule has 216 valence electrons. The number of nitrogens with two attached hydrogens (primary N) is 3. The lowest BCUT2D eigenvalue weighted by Crippen LogP contribution is -2.58. The lowest BCUT2D eigenvalue weighted by Gasteiger charge is -2.25. The molecule has 0 spiro atoms. The Morgan fingerprint density at radius 3 is 1.92 bits per heavy atom. The summed E-state index contributed by atoms with van der Waals surface area (Å²) < 4.78 is 0. The average Bonchev–Trinajstić information content (AvgIpc) is 2.84. The van der Waals surface area contributed by atoms with Gasteiger partial charge in [-0.15, -0.1) is 0 Å². The van der Waals surface area contributed by atoms with Gasteiger partial charge in [-0.2, -0.15) is 0 Å². The second-order valence-corrected chi connectivity index (χ2v) is 9.21. The summed E-state index contributed by atoms with van der Waals surface area (Å²) in [5.41, 5.74) is 16.9. The molecule has 3 amide bonds. The number of aliphatic carboxylic acids is 2. The number of nitrogens with one attached hydrogen (secondary N) is 3. The highest BCUT2D eigenvalue weighted by atomic mass is 16.4. The Balaban J connectivity index is 3.06. The van der Waals surface area contributed by atoms with E-state index in [1.807, 2.05) is 0 Å². The molecule has 1 aromatic rings. The van der Waals surface area contributed by atoms with E-state index in [4.69, 9.17) is 17.2 Å². The van der Waals surface area contributed by atoms with Crippen LogP contribution in [-0.4, -0.2) is 81.7 Å². The summed E-state index contributed by atoms with van der Waals surface area (Å²) in [6.45, 7) is 3.56. The molecule has 0 radical (unpaired) electrons. The zero-order valence-electron chi connectivity index (χ0n) is 21.8. The number of phenols is 1. The maximum Gasteiger partial charge on any atom is 0.326 e. The SMILES string of the molecule is CC(C)C(N)C(=O)NC(CCCN=C(N)N)C(=O)NC(CC(=O)O)C(=O)NC(Cc1ccc(O)cc1)C(=O)O. The van der Waals surface area contributed by atoms with Crippen LogP contribution in [0.1, 0.15) is 38.7 Å². The van der Waals surface area contributed by atoms with Gasteiger partial charge in [-0.3, -0.25) is 24.2 Å². The first kappa shape index (κ1) is 32.6. The van der Waals surface area contributed by atoms with E-state index < -0.39 is 60.2 Å². The fourth-order valence-electron chi connectivity index (χ4n) is 3.34. The van der Waals surface area contributed by atoms with Crippen molar-refractivity contribution in [2.75, 3.05) is 6.54 Å². The molecule has 4 atom stereocenters. The van der Waals surface area contributed by atoms with E-state index >= 15 is 0 Å². The first-order valence-electron chi connectivity index (χ1n) is 12.2. The summed E-state index contributed by atoms with van der Waals surface area (Å²) in [7, 11) is 0. The number of carboxylic acid groups (broad SMARTS) is 2. The van der Waals surface area contributed by atoms with Gasteiger partial charge in [0.2, 0.25) is 17.7 Å². The summed E-state index contributed by atoms with van der Waals surface area (Å²) in [6.07, 6.45) is -0.759. The van der Waals surface area contributed by atoms with Gasteiger partial charge in [-0.05, 0) is 36.5 Å². The topological polar surface area (TPSA) is 273 Å². The summed E-state index contributed by atoms with van der Waals surface area (Å²) in [5, 5.41) is 35.3. The summed E-state index contributed by atoms with van der Waals surface area (Å²) in [4.78, 5) is 65.5. The van der Waals surface area contributed by atoms with Crippen molar-refractivity contribution in [3.8, 4) is 5.75 Å². The molecule has 15 nitrogen and oxygen atoms in total. The van der Waals surface area contributed by atoms with Gasteiger partial charge in [0.25, 0.3) is 0 Å². The molecule has 15 heteroatoms. The fourth-order valence-corrected chi connectivity index (χ4v) is 3.34. The minimum atomic E-state index is -1.66. The molecular weight excluding hydrogens is 514 g/mol. The number of guanidine groups is 1. The molecule has 0 bridgehead atoms. The Morgan fingerprint density at radius 2 is 1.41 bits per heavy atom. The standard InChI is InChI=1S/C24H37N7O8/c1-12(2)19(25)22(37)29-15(4-3-9-28-24(26)27)20(35)30-16(11-18(33)34)21(36)31-17(23(38)39)10-13-5-7-14(32)8-6-13/h5-8,12,15-17,19,32H,3-4,9-11,25H2,1-2H3,(H,29,37)(H,30,35)(H,31,36)(H,33,34)(H,38,39)(H4,26,27,28). The second-order valence-electron chi connectivity index (χ2n) is 9.21. The van der Waals surface area contributed by atoms with Crippen molar-refractivity contribution >= 4 is 35.6 Å². The predicted octanol–water partition coefficient (Wildman–Crippen LogP) is -2.01. The van der Waals surface area contributed by atoms with E-state index in [0.717, 1.165) is 0 Å². The van der Waals surface area contributed by atoms with E-state index in [2.05, 4.69) is 20.9 Å². The van der Waals surface area contributed by atoms with E-state index in [1.54, 1.807) is 13.8 Å². The summed E-state index contributed by atoms with van der Waals surface area (Å²) >= 11 is 0. The normalized spacial score (nSPS) is 13.8. The number of carbonyl (C=O) groups excluding carboxylic acids is 3. The van der Waals surface area contributed by atoms with Crippen molar-refractivity contribution in [1.29, 1.82) is 0 Å². The summed E-state index contributed by atoms with van der Waals surface area (Å²) in [5.74, 6) is -5.85. The largest absolute Gasteiger partial charge is 0.508 e. The molecule has 0 saturated carbocycles. The van der Waals surface area contributed by atoms with Gasteiger partial charge in [0, 0.05) is 13.0 Å². The number of phenolic OH excluding ortho intramolecular Hbond substituents is 1. The number of hydrogen-bond acceptors (Lipinski definition) is 8. The van der Waals surface area contributed by atoms with Crippen molar-refractivity contribution in [3.05, 3.63) is 29.8 Å². The summed E-state index contributed by atoms with van der Waals surface area (Å²) in [6, 6.07) is 0.339. The van der Waals surface area contributed by atoms with Gasteiger partial charge in [0.15, 0.2) is 5.96 Å². The van der Waals surface area contributed by atoms with Crippen LogP contribution in [-0.2, 0) is 30.4 Å². The number of rotatable bonds is 16. The lowest BCUT2D eigenvalue weighted by molar-refractivity contribution is -0.143. The molecular formula is C24H37N7O8. The molecule has 1 rings (SSSR count). The number of carboxylic acids is 2. The third-order valence-corrected chi connectivity index (χ3v) is 5.60. The zero-order valence-corrected chi connectivity index (χ0v) is 21.8. The molecule has 0 heterocycles. The molecule has 1 aromatic carbocycles. The Bertz CT molecular complexity index is 1040. The maximum atomic E-state index is 13.1. The molecule has 0 aliphatic heterocycles. The molecule has 0 aliphatic carbocycles. The highest BCUT2D eigenvalue weighted by Crippen LogP contribution is 2.12.